The van der Waals surface area contributed by atoms with Crippen molar-refractivity contribution in [1.29, 1.82) is 0 Å². The first-order chi connectivity index (χ1) is 12.4. The summed E-state index contributed by atoms with van der Waals surface area (Å²) < 4.78 is 4.79. The number of rotatable bonds is 5. The number of nitro groups is 1. The molecule has 1 aromatic carbocycles. The van der Waals surface area contributed by atoms with E-state index in [2.05, 4.69) is 10.6 Å². The van der Waals surface area contributed by atoms with Gasteiger partial charge in [-0.15, -0.1) is 0 Å². The summed E-state index contributed by atoms with van der Waals surface area (Å²) in [6.07, 6.45) is 4.94. The van der Waals surface area contributed by atoms with Gasteiger partial charge < -0.3 is 10.1 Å². The second kappa shape index (κ2) is 8.93. The van der Waals surface area contributed by atoms with Crippen LogP contribution in [0.25, 0.3) is 0 Å². The molecule has 0 spiro atoms. The number of para-hydroxylation sites is 1. The van der Waals surface area contributed by atoms with E-state index >= 15 is 0 Å². The van der Waals surface area contributed by atoms with Gasteiger partial charge in [0.25, 0.3) is 11.6 Å². The third-order valence-electron chi connectivity index (χ3n) is 4.17. The Kier molecular flexibility index (Phi) is 6.65. The first-order valence-corrected chi connectivity index (χ1v) is 8.40. The van der Waals surface area contributed by atoms with Crippen LogP contribution in [-0.4, -0.2) is 35.5 Å². The monoisotopic (exact) mass is 363 g/mol. The summed E-state index contributed by atoms with van der Waals surface area (Å²) >= 11 is 0. The molecule has 0 aliphatic heterocycles. The lowest BCUT2D eigenvalue weighted by atomic mass is 9.96. The number of nitrogens with one attached hydrogen (secondary N) is 2. The molecule has 1 aliphatic rings. The van der Waals surface area contributed by atoms with Gasteiger partial charge >= 0.3 is 12.0 Å². The van der Waals surface area contributed by atoms with Crippen LogP contribution in [0, 0.1) is 17.0 Å². The molecule has 26 heavy (non-hydrogen) atoms. The Morgan fingerprint density at radius 1 is 1.23 bits per heavy atom. The van der Waals surface area contributed by atoms with Gasteiger partial charge in [-0.1, -0.05) is 31.4 Å². The summed E-state index contributed by atoms with van der Waals surface area (Å²) in [4.78, 5) is 45.9. The number of ether oxygens (including phenoxy) is 1. The largest absolute Gasteiger partial charge is 0.452 e. The highest BCUT2D eigenvalue weighted by molar-refractivity contribution is 5.98. The van der Waals surface area contributed by atoms with Crippen molar-refractivity contribution in [2.45, 2.75) is 45.1 Å². The normalized spacial score (nSPS) is 14.3. The molecule has 1 fully saturated rings. The fourth-order valence-electron chi connectivity index (χ4n) is 2.91. The Morgan fingerprint density at radius 3 is 2.58 bits per heavy atom. The van der Waals surface area contributed by atoms with Crippen molar-refractivity contribution in [1.82, 2.24) is 10.6 Å². The number of hydrogen-bond acceptors (Lipinski definition) is 6. The Morgan fingerprint density at radius 2 is 1.92 bits per heavy atom. The van der Waals surface area contributed by atoms with E-state index in [0.717, 1.165) is 32.1 Å². The average molecular weight is 363 g/mol. The molecule has 0 heterocycles. The number of imide groups is 1. The van der Waals surface area contributed by atoms with Gasteiger partial charge in [0.1, 0.15) is 5.56 Å². The summed E-state index contributed by atoms with van der Waals surface area (Å²) in [7, 11) is 0. The number of amides is 3. The van der Waals surface area contributed by atoms with Gasteiger partial charge in [0.2, 0.25) is 0 Å². The predicted octanol–water partition coefficient (Wildman–Crippen LogP) is 2.22. The molecule has 2 N–H and O–H groups in total. The van der Waals surface area contributed by atoms with E-state index in [9.17, 15) is 24.5 Å². The smallest absolute Gasteiger partial charge is 0.345 e. The molecule has 0 radical (unpaired) electrons. The van der Waals surface area contributed by atoms with Crippen LogP contribution in [0.2, 0.25) is 0 Å². The average Bonchev–Trinajstić information content (AvgIpc) is 2.59. The third kappa shape index (κ3) is 5.27. The zero-order chi connectivity index (χ0) is 19.1. The number of urea groups is 1. The molecule has 1 saturated carbocycles. The minimum absolute atomic E-state index is 0.0362. The van der Waals surface area contributed by atoms with E-state index in [-0.39, 0.29) is 17.3 Å². The first kappa shape index (κ1) is 19.4. The van der Waals surface area contributed by atoms with Crippen molar-refractivity contribution < 1.29 is 24.0 Å². The lowest BCUT2D eigenvalue weighted by Crippen LogP contribution is -2.46. The van der Waals surface area contributed by atoms with Gasteiger partial charge in [0.05, 0.1) is 4.92 Å². The minimum atomic E-state index is -0.997. The van der Waals surface area contributed by atoms with Gasteiger partial charge in [0.15, 0.2) is 6.61 Å². The highest BCUT2D eigenvalue weighted by Gasteiger charge is 2.24. The molecule has 0 unspecified atom stereocenters. The van der Waals surface area contributed by atoms with Crippen molar-refractivity contribution >= 4 is 23.6 Å². The number of nitro benzene ring substituents is 1. The Bertz CT molecular complexity index is 712. The fourth-order valence-corrected chi connectivity index (χ4v) is 2.91. The standard InChI is InChI=1S/C17H21N3O6/c1-11-6-5-9-13(15(11)20(24)25)16(22)26-10-14(21)19-17(23)18-12-7-3-2-4-8-12/h5-6,9,12H,2-4,7-8,10H2,1H3,(H2,18,19,21,23). The van der Waals surface area contributed by atoms with E-state index in [1.165, 1.54) is 25.1 Å². The van der Waals surface area contributed by atoms with Crippen LogP contribution in [0.1, 0.15) is 48.0 Å². The van der Waals surface area contributed by atoms with Crippen molar-refractivity contribution in [3.05, 3.63) is 39.4 Å². The number of benzene rings is 1. The second-order valence-electron chi connectivity index (χ2n) is 6.16. The molecular formula is C17H21N3O6. The number of carbonyl (C=O) groups excluding carboxylic acids is 3. The zero-order valence-electron chi connectivity index (χ0n) is 14.4. The molecular weight excluding hydrogens is 342 g/mol. The second-order valence-corrected chi connectivity index (χ2v) is 6.16. The summed E-state index contributed by atoms with van der Waals surface area (Å²) in [5.74, 6) is -1.80. The molecule has 9 heteroatoms. The third-order valence-corrected chi connectivity index (χ3v) is 4.17. The van der Waals surface area contributed by atoms with E-state index in [4.69, 9.17) is 4.74 Å². The number of esters is 1. The molecule has 0 bridgehead atoms. The maximum absolute atomic E-state index is 12.0. The fraction of sp³-hybridized carbons (Fsp3) is 0.471. The molecule has 140 valence electrons. The number of hydrogen-bond donors (Lipinski definition) is 2. The Hall–Kier alpha value is -2.97. The van der Waals surface area contributed by atoms with E-state index < -0.39 is 29.4 Å². The predicted molar refractivity (Wildman–Crippen MR) is 91.7 cm³/mol. The summed E-state index contributed by atoms with van der Waals surface area (Å²) in [5.41, 5.74) is -0.303. The number of nitrogens with zero attached hydrogens (tertiary/aromatic N) is 1. The van der Waals surface area contributed by atoms with Gasteiger partial charge in [0, 0.05) is 11.6 Å². The Labute approximate surface area is 150 Å². The maximum Gasteiger partial charge on any atom is 0.345 e. The lowest BCUT2D eigenvalue weighted by molar-refractivity contribution is -0.385. The van der Waals surface area contributed by atoms with Crippen molar-refractivity contribution in [3.8, 4) is 0 Å². The van der Waals surface area contributed by atoms with Crippen LogP contribution in [0.15, 0.2) is 18.2 Å². The van der Waals surface area contributed by atoms with Crippen molar-refractivity contribution in [2.75, 3.05) is 6.61 Å². The van der Waals surface area contributed by atoms with Crippen LogP contribution in [0.5, 0.6) is 0 Å². The highest BCUT2D eigenvalue weighted by atomic mass is 16.6. The molecule has 3 amide bonds. The van der Waals surface area contributed by atoms with Crippen LogP contribution in [-0.2, 0) is 9.53 Å². The van der Waals surface area contributed by atoms with Gasteiger partial charge in [-0.05, 0) is 25.8 Å². The molecule has 0 atom stereocenters. The molecule has 1 aliphatic carbocycles. The van der Waals surface area contributed by atoms with Crippen LogP contribution in [0.4, 0.5) is 10.5 Å². The van der Waals surface area contributed by atoms with Crippen LogP contribution >= 0.6 is 0 Å². The zero-order valence-corrected chi connectivity index (χ0v) is 14.4. The molecule has 9 nitrogen and oxygen atoms in total. The van der Waals surface area contributed by atoms with Gasteiger partial charge in [-0.25, -0.2) is 9.59 Å². The van der Waals surface area contributed by atoms with E-state index in [1.54, 1.807) is 0 Å². The van der Waals surface area contributed by atoms with Crippen molar-refractivity contribution in [3.63, 3.8) is 0 Å². The Balaban J connectivity index is 1.85. The molecule has 1 aromatic rings. The van der Waals surface area contributed by atoms with Gasteiger partial charge in [-0.3, -0.25) is 20.2 Å². The van der Waals surface area contributed by atoms with Crippen molar-refractivity contribution in [2.24, 2.45) is 0 Å². The van der Waals surface area contributed by atoms with E-state index in [0.29, 0.717) is 5.56 Å². The molecule has 0 aromatic heterocycles. The first-order valence-electron chi connectivity index (χ1n) is 8.40. The topological polar surface area (TPSA) is 128 Å². The maximum atomic E-state index is 12.0. The van der Waals surface area contributed by atoms with Crippen LogP contribution < -0.4 is 10.6 Å². The van der Waals surface area contributed by atoms with Gasteiger partial charge in [-0.2, -0.15) is 0 Å². The summed E-state index contributed by atoms with van der Waals surface area (Å²) in [5, 5.41) is 15.9. The highest BCUT2D eigenvalue weighted by Crippen LogP contribution is 2.23. The quantitative estimate of drug-likeness (QED) is 0.469. The molecule has 2 rings (SSSR count). The summed E-state index contributed by atoms with van der Waals surface area (Å²) in [6, 6.07) is 3.63. The lowest BCUT2D eigenvalue weighted by Gasteiger charge is -2.22. The SMILES string of the molecule is Cc1cccc(C(=O)OCC(=O)NC(=O)NC2CCCCC2)c1[N+](=O)[O-]. The minimum Gasteiger partial charge on any atom is -0.452 e. The number of aryl methyl sites for hydroxylation is 1. The molecule has 0 saturated heterocycles. The van der Waals surface area contributed by atoms with Crippen LogP contribution in [0.3, 0.4) is 0 Å². The number of carbonyl (C=O) groups is 3. The summed E-state index contributed by atoms with van der Waals surface area (Å²) in [6.45, 7) is 0.791. The van der Waals surface area contributed by atoms with E-state index in [1.807, 2.05) is 0 Å².